The Morgan fingerprint density at radius 1 is 1.17 bits per heavy atom. The number of methoxy groups -OCH3 is 2. The van der Waals surface area contributed by atoms with Gasteiger partial charge in [-0.25, -0.2) is 4.39 Å². The molecule has 2 aromatic rings. The van der Waals surface area contributed by atoms with E-state index in [9.17, 15) is 14.6 Å². The third-order valence-corrected chi connectivity index (χ3v) is 5.75. The van der Waals surface area contributed by atoms with E-state index < -0.39 is 0 Å². The van der Waals surface area contributed by atoms with Crippen molar-refractivity contribution < 1.29 is 24.1 Å². The molecular weight excluding hydrogens is 330 g/mol. The molecule has 0 aliphatic heterocycles. The third kappa shape index (κ3) is 3.97. The van der Waals surface area contributed by atoms with Crippen molar-refractivity contribution in [3.05, 3.63) is 47.3 Å². The summed E-state index contributed by atoms with van der Waals surface area (Å²) in [6, 6.07) is 7.85. The molecule has 2 rings (SSSR count). The van der Waals surface area contributed by atoms with Crippen LogP contribution in [0.4, 0.5) is 4.39 Å². The molecule has 0 fully saturated rings. The number of halogens is 1. The molecule has 0 aliphatic rings. The highest BCUT2D eigenvalue weighted by atomic mass is 31.1. The number of rotatable bonds is 7. The summed E-state index contributed by atoms with van der Waals surface area (Å²) in [6.07, 6.45) is 0.768. The van der Waals surface area contributed by atoms with Crippen LogP contribution >= 0.6 is 8.58 Å². The Labute approximate surface area is 143 Å². The first kappa shape index (κ1) is 18.5. The van der Waals surface area contributed by atoms with Crippen LogP contribution in [-0.4, -0.2) is 24.4 Å². The van der Waals surface area contributed by atoms with Gasteiger partial charge in [-0.1, -0.05) is 21.6 Å². The molecule has 2 atom stereocenters. The highest BCUT2D eigenvalue weighted by Gasteiger charge is 2.20. The molecule has 0 saturated heterocycles. The van der Waals surface area contributed by atoms with Crippen LogP contribution in [0.3, 0.4) is 0 Å². The average molecular weight is 352 g/mol. The molecule has 0 aromatic heterocycles. The fourth-order valence-electron chi connectivity index (χ4n) is 2.56. The van der Waals surface area contributed by atoms with Crippen LogP contribution in [0.15, 0.2) is 30.3 Å². The molecule has 0 amide bonds. The minimum absolute atomic E-state index is 0.00441. The lowest BCUT2D eigenvalue weighted by molar-refractivity contribution is 0.282. The number of aromatic hydroxyl groups is 1. The summed E-state index contributed by atoms with van der Waals surface area (Å²) in [5, 5.41) is 20.8. The molecule has 0 bridgehead atoms. The summed E-state index contributed by atoms with van der Waals surface area (Å²) in [7, 11) is 3.32. The molecular formula is C18H22FO4P. The number of ether oxygens (including phenoxy) is 2. The van der Waals surface area contributed by atoms with Gasteiger partial charge in [-0.15, -0.1) is 0 Å². The van der Waals surface area contributed by atoms with Gasteiger partial charge >= 0.3 is 0 Å². The minimum atomic E-state index is -0.369. The number of aliphatic hydroxyl groups is 1. The van der Waals surface area contributed by atoms with E-state index in [-0.39, 0.29) is 32.4 Å². The first-order valence-electron chi connectivity index (χ1n) is 7.64. The number of hydrogen-bond acceptors (Lipinski definition) is 4. The van der Waals surface area contributed by atoms with Crippen LogP contribution in [0, 0.1) is 5.82 Å². The molecule has 24 heavy (non-hydrogen) atoms. The Kier molecular flexibility index (Phi) is 6.41. The van der Waals surface area contributed by atoms with Crippen molar-refractivity contribution in [3.8, 4) is 17.2 Å². The van der Waals surface area contributed by atoms with Gasteiger partial charge < -0.3 is 19.7 Å². The van der Waals surface area contributed by atoms with Crippen molar-refractivity contribution in [2.45, 2.75) is 25.6 Å². The van der Waals surface area contributed by atoms with Crippen LogP contribution in [0.2, 0.25) is 0 Å². The number of aliphatic hydroxyl groups excluding tert-OH is 1. The van der Waals surface area contributed by atoms with Gasteiger partial charge in [-0.05, 0) is 35.5 Å². The zero-order chi connectivity index (χ0) is 17.7. The molecule has 0 spiro atoms. The fraction of sp³-hybridized carbons (Fsp3) is 0.333. The predicted molar refractivity (Wildman–Crippen MR) is 94.5 cm³/mol. The summed E-state index contributed by atoms with van der Waals surface area (Å²) in [4.78, 5) is 0. The maximum absolute atomic E-state index is 13.4. The van der Waals surface area contributed by atoms with Crippen LogP contribution in [0.1, 0.15) is 30.1 Å². The topological polar surface area (TPSA) is 58.9 Å². The van der Waals surface area contributed by atoms with Gasteiger partial charge in [0.15, 0.2) is 11.5 Å². The smallest absolute Gasteiger partial charge is 0.164 e. The van der Waals surface area contributed by atoms with E-state index in [0.29, 0.717) is 17.1 Å². The van der Waals surface area contributed by atoms with Crippen molar-refractivity contribution in [2.24, 2.45) is 0 Å². The Hall–Kier alpha value is -1.84. The quantitative estimate of drug-likeness (QED) is 0.749. The summed E-state index contributed by atoms with van der Waals surface area (Å²) < 4.78 is 23.9. The van der Waals surface area contributed by atoms with E-state index in [2.05, 4.69) is 0 Å². The second-order valence-corrected chi connectivity index (χ2v) is 6.86. The third-order valence-electron chi connectivity index (χ3n) is 3.88. The summed E-state index contributed by atoms with van der Waals surface area (Å²) >= 11 is 0. The van der Waals surface area contributed by atoms with Crippen LogP contribution in [0.25, 0.3) is 0 Å². The van der Waals surface area contributed by atoms with E-state index in [1.807, 2.05) is 6.92 Å². The van der Waals surface area contributed by atoms with Crippen LogP contribution in [0.5, 0.6) is 17.2 Å². The lowest BCUT2D eigenvalue weighted by Gasteiger charge is -2.20. The molecule has 0 saturated carbocycles. The maximum Gasteiger partial charge on any atom is 0.164 e. The second-order valence-electron chi connectivity index (χ2n) is 5.33. The lowest BCUT2D eigenvalue weighted by Crippen LogP contribution is -2.08. The van der Waals surface area contributed by atoms with Crippen LogP contribution < -0.4 is 14.8 Å². The summed E-state index contributed by atoms with van der Waals surface area (Å²) in [5.41, 5.74) is 1.30. The Bertz CT molecular complexity index is 706. The van der Waals surface area contributed by atoms with E-state index in [4.69, 9.17) is 9.47 Å². The van der Waals surface area contributed by atoms with E-state index in [0.717, 1.165) is 17.3 Å². The molecule has 2 aromatic carbocycles. The van der Waals surface area contributed by atoms with Crippen molar-refractivity contribution in [2.75, 3.05) is 14.2 Å². The minimum Gasteiger partial charge on any atom is -0.504 e. The molecule has 130 valence electrons. The van der Waals surface area contributed by atoms with Gasteiger partial charge in [0.1, 0.15) is 11.6 Å². The zero-order valence-corrected chi connectivity index (χ0v) is 15.0. The van der Waals surface area contributed by atoms with Gasteiger partial charge in [-0.2, -0.15) is 0 Å². The standard InChI is InChI=1S/C18H22FO4P/c1-4-16(24-17-6-5-12(19)7-11(17)10-20)14-8-13(22-2)9-15(23-3)18(14)21/h5-9,16,20-21,24H,4,10H2,1-3H3. The monoisotopic (exact) mass is 352 g/mol. The SMILES string of the molecule is CCC(Pc1ccc(F)cc1CO)c1cc(OC)cc(OC)c1O. The van der Waals surface area contributed by atoms with Crippen molar-refractivity contribution in [3.63, 3.8) is 0 Å². The number of benzene rings is 2. The molecule has 0 aliphatic carbocycles. The van der Waals surface area contributed by atoms with Crippen molar-refractivity contribution >= 4 is 13.9 Å². The first-order valence-corrected chi connectivity index (χ1v) is 8.72. The van der Waals surface area contributed by atoms with Gasteiger partial charge in [0.25, 0.3) is 0 Å². The molecule has 2 unspecified atom stereocenters. The normalized spacial score (nSPS) is 12.5. The summed E-state index contributed by atoms with van der Waals surface area (Å²) in [6.45, 7) is 1.80. The Morgan fingerprint density at radius 3 is 2.50 bits per heavy atom. The maximum atomic E-state index is 13.4. The molecule has 6 heteroatoms. The molecule has 0 heterocycles. The zero-order valence-electron chi connectivity index (χ0n) is 14.0. The van der Waals surface area contributed by atoms with Crippen molar-refractivity contribution in [1.29, 1.82) is 0 Å². The van der Waals surface area contributed by atoms with Gasteiger partial charge in [0.05, 0.1) is 20.8 Å². The van der Waals surface area contributed by atoms with Crippen molar-refractivity contribution in [1.82, 2.24) is 0 Å². The Balaban J connectivity index is 2.42. The van der Waals surface area contributed by atoms with E-state index in [1.54, 1.807) is 25.3 Å². The molecule has 2 N–H and O–H groups in total. The van der Waals surface area contributed by atoms with Gasteiger partial charge in [0.2, 0.25) is 0 Å². The molecule has 4 nitrogen and oxygen atoms in total. The second kappa shape index (κ2) is 8.32. The largest absolute Gasteiger partial charge is 0.504 e. The fourth-order valence-corrected chi connectivity index (χ4v) is 4.03. The van der Waals surface area contributed by atoms with Gasteiger partial charge in [0, 0.05) is 17.3 Å². The predicted octanol–water partition coefficient (Wildman–Crippen LogP) is 3.50. The first-order chi connectivity index (χ1) is 11.5. The van der Waals surface area contributed by atoms with Crippen LogP contribution in [-0.2, 0) is 6.61 Å². The van der Waals surface area contributed by atoms with E-state index in [1.165, 1.54) is 19.2 Å². The highest BCUT2D eigenvalue weighted by Crippen LogP contribution is 2.46. The highest BCUT2D eigenvalue weighted by molar-refractivity contribution is 7.47. The van der Waals surface area contributed by atoms with Gasteiger partial charge in [-0.3, -0.25) is 0 Å². The number of phenols is 1. The summed E-state index contributed by atoms with van der Waals surface area (Å²) in [5.74, 6) is 0.676. The Morgan fingerprint density at radius 2 is 1.92 bits per heavy atom. The van der Waals surface area contributed by atoms with E-state index >= 15 is 0 Å². The number of phenolic OH excluding ortho intramolecular Hbond substituents is 1. The number of hydrogen-bond donors (Lipinski definition) is 2. The average Bonchev–Trinajstić information content (AvgIpc) is 2.61. The lowest BCUT2D eigenvalue weighted by atomic mass is 10.1. The molecule has 0 radical (unpaired) electrons.